The van der Waals surface area contributed by atoms with Crippen LogP contribution in [-0.4, -0.2) is 69.9 Å². The summed E-state index contributed by atoms with van der Waals surface area (Å²) in [7, 11) is 0. The summed E-state index contributed by atoms with van der Waals surface area (Å²) in [5.41, 5.74) is 1.22. The van der Waals surface area contributed by atoms with Crippen LogP contribution in [0.5, 0.6) is 5.75 Å². The summed E-state index contributed by atoms with van der Waals surface area (Å²) >= 11 is 0. The molecule has 0 aliphatic carbocycles. The third-order valence-corrected chi connectivity index (χ3v) is 6.00. The van der Waals surface area contributed by atoms with Gasteiger partial charge in [0.1, 0.15) is 5.75 Å². The lowest BCUT2D eigenvalue weighted by Crippen LogP contribution is -2.47. The summed E-state index contributed by atoms with van der Waals surface area (Å²) in [5.74, 6) is 1.32. The Morgan fingerprint density at radius 2 is 1.83 bits per heavy atom. The van der Waals surface area contributed by atoms with Gasteiger partial charge in [-0.15, -0.1) is 0 Å². The van der Waals surface area contributed by atoms with Gasteiger partial charge in [0.15, 0.2) is 6.61 Å². The largest absolute Gasteiger partial charge is 0.482 e. The minimum absolute atomic E-state index is 0.0290. The topological polar surface area (TPSA) is 54.0 Å². The molecule has 2 aliphatic rings. The van der Waals surface area contributed by atoms with Gasteiger partial charge in [0.2, 0.25) is 0 Å². The Balaban J connectivity index is 1.34. The number of carbonyl (C=O) groups is 1. The minimum atomic E-state index is -0.303. The molecule has 1 aromatic rings. The monoisotopic (exact) mass is 403 g/mol. The molecule has 0 aromatic heterocycles. The number of rotatable bonds is 10. The van der Waals surface area contributed by atoms with Gasteiger partial charge in [0.05, 0.1) is 6.61 Å². The van der Waals surface area contributed by atoms with Crippen LogP contribution in [0.1, 0.15) is 39.0 Å². The van der Waals surface area contributed by atoms with Crippen molar-refractivity contribution in [3.63, 3.8) is 0 Å². The fourth-order valence-corrected chi connectivity index (χ4v) is 4.03. The van der Waals surface area contributed by atoms with Crippen molar-refractivity contribution in [2.45, 2.75) is 39.0 Å². The van der Waals surface area contributed by atoms with Crippen molar-refractivity contribution < 1.29 is 14.3 Å². The number of nitrogens with zero attached hydrogens (tertiary/aromatic N) is 2. The summed E-state index contributed by atoms with van der Waals surface area (Å²) < 4.78 is 10.7. The Kier molecular flexibility index (Phi) is 9.09. The zero-order valence-corrected chi connectivity index (χ0v) is 17.9. The Bertz CT molecular complexity index is 594. The fourth-order valence-electron chi connectivity index (χ4n) is 4.03. The average molecular weight is 404 g/mol. The van der Waals surface area contributed by atoms with E-state index in [-0.39, 0.29) is 12.6 Å². The van der Waals surface area contributed by atoms with Gasteiger partial charge < -0.3 is 19.7 Å². The highest BCUT2D eigenvalue weighted by Gasteiger charge is 2.19. The summed E-state index contributed by atoms with van der Waals surface area (Å²) in [6.07, 6.45) is 5.93. The Morgan fingerprint density at radius 3 is 2.52 bits per heavy atom. The van der Waals surface area contributed by atoms with E-state index < -0.39 is 0 Å². The lowest BCUT2D eigenvalue weighted by Gasteiger charge is -2.37. The van der Waals surface area contributed by atoms with Gasteiger partial charge in [-0.1, -0.05) is 13.3 Å². The third-order valence-electron chi connectivity index (χ3n) is 6.00. The van der Waals surface area contributed by atoms with E-state index in [0.717, 1.165) is 44.9 Å². The van der Waals surface area contributed by atoms with Crippen molar-refractivity contribution in [2.24, 2.45) is 5.92 Å². The predicted molar refractivity (Wildman–Crippen MR) is 117 cm³/mol. The molecule has 0 amide bonds. The zero-order valence-electron chi connectivity index (χ0n) is 17.9. The van der Waals surface area contributed by atoms with Crippen LogP contribution in [0.25, 0.3) is 0 Å². The second kappa shape index (κ2) is 12.0. The highest BCUT2D eigenvalue weighted by Crippen LogP contribution is 2.22. The molecule has 2 aliphatic heterocycles. The van der Waals surface area contributed by atoms with Crippen molar-refractivity contribution >= 4 is 11.7 Å². The molecule has 2 heterocycles. The normalized spacial score (nSPS) is 18.6. The highest BCUT2D eigenvalue weighted by atomic mass is 16.6. The van der Waals surface area contributed by atoms with E-state index in [4.69, 9.17) is 9.47 Å². The molecular formula is C23H37N3O3. The van der Waals surface area contributed by atoms with E-state index in [2.05, 4.69) is 34.2 Å². The summed E-state index contributed by atoms with van der Waals surface area (Å²) in [6, 6.07) is 8.06. The van der Waals surface area contributed by atoms with E-state index in [1.807, 2.05) is 12.1 Å². The SMILES string of the molecule is CCCCOC(=O)COc1ccc(N2CCN(CCC3CCNCC3)CC2)cc1. The number of ether oxygens (including phenoxy) is 2. The van der Waals surface area contributed by atoms with Crippen LogP contribution in [0.2, 0.25) is 0 Å². The van der Waals surface area contributed by atoms with Crippen molar-refractivity contribution in [2.75, 3.05) is 63.9 Å². The average Bonchev–Trinajstić information content (AvgIpc) is 2.78. The number of esters is 1. The second-order valence-corrected chi connectivity index (χ2v) is 8.17. The van der Waals surface area contributed by atoms with Crippen LogP contribution in [0.15, 0.2) is 24.3 Å². The highest BCUT2D eigenvalue weighted by molar-refractivity contribution is 5.71. The first-order chi connectivity index (χ1) is 14.2. The Morgan fingerprint density at radius 1 is 1.10 bits per heavy atom. The maximum absolute atomic E-state index is 11.6. The van der Waals surface area contributed by atoms with Crippen molar-refractivity contribution in [1.82, 2.24) is 10.2 Å². The van der Waals surface area contributed by atoms with Crippen LogP contribution in [0.4, 0.5) is 5.69 Å². The number of nitrogens with one attached hydrogen (secondary N) is 1. The number of hydrogen-bond donors (Lipinski definition) is 1. The number of piperazine rings is 1. The molecule has 3 rings (SSSR count). The molecule has 162 valence electrons. The molecular weight excluding hydrogens is 366 g/mol. The Labute approximate surface area is 175 Å². The molecule has 0 bridgehead atoms. The van der Waals surface area contributed by atoms with Crippen LogP contribution >= 0.6 is 0 Å². The molecule has 29 heavy (non-hydrogen) atoms. The smallest absolute Gasteiger partial charge is 0.344 e. The Hall–Kier alpha value is -1.79. The third kappa shape index (κ3) is 7.52. The maximum atomic E-state index is 11.6. The summed E-state index contributed by atoms with van der Waals surface area (Å²) in [4.78, 5) is 16.7. The summed E-state index contributed by atoms with van der Waals surface area (Å²) in [5, 5.41) is 3.45. The lowest BCUT2D eigenvalue weighted by molar-refractivity contribution is -0.146. The minimum Gasteiger partial charge on any atom is -0.482 e. The van der Waals surface area contributed by atoms with E-state index in [9.17, 15) is 4.79 Å². The van der Waals surface area contributed by atoms with Crippen molar-refractivity contribution in [3.8, 4) is 5.75 Å². The number of unbranched alkanes of at least 4 members (excludes halogenated alkanes) is 1. The van der Waals surface area contributed by atoms with E-state index in [0.29, 0.717) is 12.4 Å². The first-order valence-corrected chi connectivity index (χ1v) is 11.3. The summed E-state index contributed by atoms with van der Waals surface area (Å²) in [6.45, 7) is 10.5. The van der Waals surface area contributed by atoms with Crippen LogP contribution in [0.3, 0.4) is 0 Å². The molecule has 6 nitrogen and oxygen atoms in total. The van der Waals surface area contributed by atoms with E-state index in [1.54, 1.807) is 0 Å². The molecule has 1 N–H and O–H groups in total. The number of carbonyl (C=O) groups excluding carboxylic acids is 1. The molecule has 0 saturated carbocycles. The lowest BCUT2D eigenvalue weighted by atomic mass is 9.94. The molecule has 0 atom stereocenters. The first-order valence-electron chi connectivity index (χ1n) is 11.3. The van der Waals surface area contributed by atoms with Gasteiger partial charge >= 0.3 is 5.97 Å². The quantitative estimate of drug-likeness (QED) is 0.479. The second-order valence-electron chi connectivity index (χ2n) is 8.17. The maximum Gasteiger partial charge on any atom is 0.344 e. The zero-order chi connectivity index (χ0) is 20.3. The molecule has 0 unspecified atom stereocenters. The molecule has 1 aromatic carbocycles. The molecule has 2 fully saturated rings. The van der Waals surface area contributed by atoms with Crippen molar-refractivity contribution in [3.05, 3.63) is 24.3 Å². The number of benzene rings is 1. The first kappa shape index (κ1) is 21.9. The van der Waals surface area contributed by atoms with Gasteiger partial charge in [0.25, 0.3) is 0 Å². The molecule has 2 saturated heterocycles. The van der Waals surface area contributed by atoms with Crippen LogP contribution in [-0.2, 0) is 9.53 Å². The van der Waals surface area contributed by atoms with Gasteiger partial charge in [-0.05, 0) is 75.5 Å². The fraction of sp³-hybridized carbons (Fsp3) is 0.696. The number of anilines is 1. The number of hydrogen-bond acceptors (Lipinski definition) is 6. The van der Waals surface area contributed by atoms with Gasteiger partial charge in [-0.25, -0.2) is 4.79 Å². The van der Waals surface area contributed by atoms with Crippen LogP contribution < -0.4 is 15.0 Å². The molecule has 0 radical (unpaired) electrons. The van der Waals surface area contributed by atoms with Crippen LogP contribution in [0, 0.1) is 5.92 Å². The van der Waals surface area contributed by atoms with E-state index in [1.165, 1.54) is 44.6 Å². The van der Waals surface area contributed by atoms with Gasteiger partial charge in [-0.3, -0.25) is 4.90 Å². The molecule has 0 spiro atoms. The predicted octanol–water partition coefficient (Wildman–Crippen LogP) is 2.92. The van der Waals surface area contributed by atoms with Gasteiger partial charge in [-0.2, -0.15) is 0 Å². The molecule has 6 heteroatoms. The number of piperidine rings is 1. The van der Waals surface area contributed by atoms with Gasteiger partial charge in [0, 0.05) is 31.9 Å². The standard InChI is InChI=1S/C23H37N3O3/c1-2-3-18-28-23(27)19-29-22-6-4-21(5-7-22)26-16-14-25(15-17-26)13-10-20-8-11-24-12-9-20/h4-7,20,24H,2-3,8-19H2,1H3. The van der Waals surface area contributed by atoms with Crippen molar-refractivity contribution in [1.29, 1.82) is 0 Å². The van der Waals surface area contributed by atoms with E-state index >= 15 is 0 Å².